The lowest BCUT2D eigenvalue weighted by atomic mass is 10.2. The van der Waals surface area contributed by atoms with Crippen LogP contribution in [0.5, 0.6) is 0 Å². The highest BCUT2D eigenvalue weighted by Crippen LogP contribution is 2.21. The summed E-state index contributed by atoms with van der Waals surface area (Å²) in [5.41, 5.74) is 0.913. The Bertz CT molecular complexity index is 796. The molecule has 1 aliphatic heterocycles. The first-order valence-corrected chi connectivity index (χ1v) is 10.2. The van der Waals surface area contributed by atoms with Crippen LogP contribution in [0.25, 0.3) is 0 Å². The summed E-state index contributed by atoms with van der Waals surface area (Å²) in [5.74, 6) is 0.909. The molecule has 0 aromatic carbocycles. The van der Waals surface area contributed by atoms with Gasteiger partial charge in [-0.25, -0.2) is 18.1 Å². The minimum absolute atomic E-state index is 0.266. The summed E-state index contributed by atoms with van der Waals surface area (Å²) in [7, 11) is -1.34. The predicted octanol–water partition coefficient (Wildman–Crippen LogP) is 1.68. The van der Waals surface area contributed by atoms with E-state index in [2.05, 4.69) is 26.6 Å². The molecule has 1 N–H and O–H groups in total. The van der Waals surface area contributed by atoms with Gasteiger partial charge in [-0.2, -0.15) is 0 Å². The van der Waals surface area contributed by atoms with Crippen LogP contribution in [-0.2, 0) is 16.6 Å². The minimum atomic E-state index is -3.45. The summed E-state index contributed by atoms with van der Waals surface area (Å²) in [6.45, 7) is 6.06. The van der Waals surface area contributed by atoms with Gasteiger partial charge in [0.05, 0.1) is 0 Å². The highest BCUT2D eigenvalue weighted by atomic mass is 32.2. The zero-order valence-electron chi connectivity index (χ0n) is 13.9. The van der Waals surface area contributed by atoms with Gasteiger partial charge in [-0.05, 0) is 43.8 Å². The first-order valence-electron chi connectivity index (χ1n) is 7.88. The molecule has 130 valence electrons. The number of sulfonamides is 1. The Kier molecular flexibility index (Phi) is 5.19. The highest BCUT2D eigenvalue weighted by molar-refractivity contribution is 7.91. The van der Waals surface area contributed by atoms with Crippen LogP contribution in [-0.4, -0.2) is 51.5 Å². The number of pyridine rings is 1. The average Bonchev–Trinajstić information content (AvgIpc) is 3.02. The van der Waals surface area contributed by atoms with Crippen LogP contribution >= 0.6 is 11.3 Å². The van der Waals surface area contributed by atoms with Crippen LogP contribution in [0.3, 0.4) is 0 Å². The Labute approximate surface area is 147 Å². The lowest BCUT2D eigenvalue weighted by molar-refractivity contribution is 0.312. The number of hydrogen-bond acceptors (Lipinski definition) is 6. The molecule has 1 aliphatic rings. The number of aromatic nitrogens is 1. The second-order valence-corrected chi connectivity index (χ2v) is 9.28. The van der Waals surface area contributed by atoms with Crippen LogP contribution in [0.15, 0.2) is 34.7 Å². The van der Waals surface area contributed by atoms with Crippen molar-refractivity contribution in [3.63, 3.8) is 0 Å². The fourth-order valence-electron chi connectivity index (χ4n) is 2.59. The van der Waals surface area contributed by atoms with Crippen molar-refractivity contribution in [3.8, 4) is 0 Å². The van der Waals surface area contributed by atoms with Gasteiger partial charge in [-0.1, -0.05) is 0 Å². The maximum Gasteiger partial charge on any atom is 0.250 e. The van der Waals surface area contributed by atoms with E-state index in [0.29, 0.717) is 4.21 Å². The number of rotatable bonds is 5. The van der Waals surface area contributed by atoms with Gasteiger partial charge in [0.1, 0.15) is 10.0 Å². The third-order valence-electron chi connectivity index (χ3n) is 4.08. The van der Waals surface area contributed by atoms with E-state index in [4.69, 9.17) is 0 Å². The van der Waals surface area contributed by atoms with Crippen molar-refractivity contribution in [2.75, 3.05) is 38.1 Å². The molecular formula is C16H22N4O2S2. The fraction of sp³-hybridized carbons (Fsp3) is 0.438. The monoisotopic (exact) mass is 366 g/mol. The Morgan fingerprint density at radius 2 is 1.96 bits per heavy atom. The van der Waals surface area contributed by atoms with Gasteiger partial charge in [0, 0.05) is 43.8 Å². The summed E-state index contributed by atoms with van der Waals surface area (Å²) < 4.78 is 27.6. The lowest BCUT2D eigenvalue weighted by Crippen LogP contribution is -2.44. The second kappa shape index (κ2) is 7.18. The largest absolute Gasteiger partial charge is 0.354 e. The van der Waals surface area contributed by atoms with E-state index in [1.54, 1.807) is 12.3 Å². The molecule has 0 atom stereocenters. The van der Waals surface area contributed by atoms with Gasteiger partial charge in [-0.3, -0.25) is 0 Å². The zero-order chi connectivity index (χ0) is 17.2. The zero-order valence-corrected chi connectivity index (χ0v) is 15.5. The number of anilines is 1. The Hall–Kier alpha value is -1.48. The smallest absolute Gasteiger partial charge is 0.250 e. The number of hydrogen-bond donors (Lipinski definition) is 1. The van der Waals surface area contributed by atoms with E-state index in [0.717, 1.165) is 42.4 Å². The number of aryl methyl sites for hydroxylation is 1. The van der Waals surface area contributed by atoms with Crippen molar-refractivity contribution in [3.05, 3.63) is 40.9 Å². The summed E-state index contributed by atoms with van der Waals surface area (Å²) in [5, 5.41) is 0. The van der Waals surface area contributed by atoms with Gasteiger partial charge in [0.2, 0.25) is 10.0 Å². The first-order chi connectivity index (χ1) is 11.4. The fourth-order valence-corrected chi connectivity index (χ4v) is 4.93. The number of nitrogens with zero attached hydrogens (tertiary/aromatic N) is 3. The molecule has 0 aliphatic carbocycles. The molecule has 0 radical (unpaired) electrons. The van der Waals surface area contributed by atoms with Gasteiger partial charge in [0.15, 0.2) is 0 Å². The molecule has 1 saturated heterocycles. The quantitative estimate of drug-likeness (QED) is 0.872. The molecule has 0 bridgehead atoms. The normalized spacial score (nSPS) is 16.5. The Morgan fingerprint density at radius 3 is 2.62 bits per heavy atom. The molecule has 2 aromatic heterocycles. The van der Waals surface area contributed by atoms with Crippen LogP contribution in [0.1, 0.15) is 10.4 Å². The SMILES string of the molecule is Cc1ccc(S(=O)(=O)NCc2ccnc(N3CCN(C)CC3)c2)s1. The van der Waals surface area contributed by atoms with Crippen molar-refractivity contribution in [1.29, 1.82) is 0 Å². The predicted molar refractivity (Wildman–Crippen MR) is 97.0 cm³/mol. The first kappa shape index (κ1) is 17.3. The van der Waals surface area contributed by atoms with E-state index in [9.17, 15) is 8.42 Å². The van der Waals surface area contributed by atoms with Crippen molar-refractivity contribution in [2.45, 2.75) is 17.7 Å². The third-order valence-corrected chi connectivity index (χ3v) is 6.98. The van der Waals surface area contributed by atoms with Gasteiger partial charge < -0.3 is 9.80 Å². The average molecular weight is 367 g/mol. The van der Waals surface area contributed by atoms with Crippen molar-refractivity contribution in [2.24, 2.45) is 0 Å². The summed E-state index contributed by atoms with van der Waals surface area (Å²) >= 11 is 1.28. The summed E-state index contributed by atoms with van der Waals surface area (Å²) in [4.78, 5) is 9.94. The second-order valence-electron chi connectivity index (χ2n) is 6.00. The standard InChI is InChI=1S/C16H22N4O2S2/c1-13-3-4-16(23-13)24(21,22)18-12-14-5-6-17-15(11-14)20-9-7-19(2)8-10-20/h3-6,11,18H,7-10,12H2,1-2H3. The Morgan fingerprint density at radius 1 is 1.21 bits per heavy atom. The maximum atomic E-state index is 12.3. The maximum absolute atomic E-state index is 12.3. The topological polar surface area (TPSA) is 65.5 Å². The third kappa shape index (κ3) is 4.13. The van der Waals surface area contributed by atoms with Crippen LogP contribution in [0.2, 0.25) is 0 Å². The van der Waals surface area contributed by atoms with Gasteiger partial charge >= 0.3 is 0 Å². The lowest BCUT2D eigenvalue weighted by Gasteiger charge is -2.33. The summed E-state index contributed by atoms with van der Waals surface area (Å²) in [6.07, 6.45) is 1.74. The molecule has 8 heteroatoms. The number of nitrogens with one attached hydrogen (secondary N) is 1. The van der Waals surface area contributed by atoms with E-state index in [1.807, 2.05) is 25.1 Å². The van der Waals surface area contributed by atoms with E-state index >= 15 is 0 Å². The van der Waals surface area contributed by atoms with Crippen molar-refractivity contribution in [1.82, 2.24) is 14.6 Å². The molecule has 24 heavy (non-hydrogen) atoms. The number of piperazine rings is 1. The molecule has 3 heterocycles. The van der Waals surface area contributed by atoms with Crippen molar-refractivity contribution >= 4 is 27.2 Å². The molecule has 0 saturated carbocycles. The molecule has 0 spiro atoms. The van der Waals surface area contributed by atoms with Crippen LogP contribution in [0, 0.1) is 6.92 Å². The summed E-state index contributed by atoms with van der Waals surface area (Å²) in [6, 6.07) is 7.27. The molecule has 1 fully saturated rings. The van der Waals surface area contributed by atoms with E-state index in [1.165, 1.54) is 11.3 Å². The molecule has 0 unspecified atom stereocenters. The van der Waals surface area contributed by atoms with E-state index in [-0.39, 0.29) is 6.54 Å². The van der Waals surface area contributed by atoms with Gasteiger partial charge in [0.25, 0.3) is 0 Å². The molecule has 2 aromatic rings. The number of thiophene rings is 1. The molecule has 3 rings (SSSR count). The van der Waals surface area contributed by atoms with Crippen LogP contribution < -0.4 is 9.62 Å². The molecule has 0 amide bonds. The van der Waals surface area contributed by atoms with E-state index < -0.39 is 10.0 Å². The molecular weight excluding hydrogens is 344 g/mol. The van der Waals surface area contributed by atoms with Crippen molar-refractivity contribution < 1.29 is 8.42 Å². The minimum Gasteiger partial charge on any atom is -0.354 e. The highest BCUT2D eigenvalue weighted by Gasteiger charge is 2.17. The van der Waals surface area contributed by atoms with Gasteiger partial charge in [-0.15, -0.1) is 11.3 Å². The van der Waals surface area contributed by atoms with Crippen LogP contribution in [0.4, 0.5) is 5.82 Å². The Balaban J connectivity index is 1.66. The number of likely N-dealkylation sites (N-methyl/N-ethyl adjacent to an activating group) is 1. The molecule has 6 nitrogen and oxygen atoms in total.